The molecular formula is C28H29NO5S. The molecule has 1 heterocycles. The van der Waals surface area contributed by atoms with Crippen molar-refractivity contribution in [3.05, 3.63) is 77.9 Å². The summed E-state index contributed by atoms with van der Waals surface area (Å²) in [5, 5.41) is 22.3. The minimum Gasteiger partial charge on any atom is -0.508 e. The molecule has 4 rings (SSSR count). The number of hydroxylamine groups is 2. The van der Waals surface area contributed by atoms with Crippen molar-refractivity contribution in [3.8, 4) is 27.7 Å². The van der Waals surface area contributed by atoms with E-state index in [4.69, 9.17) is 9.57 Å². The van der Waals surface area contributed by atoms with E-state index in [0.29, 0.717) is 36.6 Å². The molecule has 3 aromatic carbocycles. The van der Waals surface area contributed by atoms with E-state index in [1.165, 1.54) is 11.3 Å². The van der Waals surface area contributed by atoms with Crippen LogP contribution >= 0.6 is 11.3 Å². The molecule has 7 heteroatoms. The highest BCUT2D eigenvalue weighted by Crippen LogP contribution is 2.41. The van der Waals surface area contributed by atoms with Crippen LogP contribution in [0.2, 0.25) is 0 Å². The van der Waals surface area contributed by atoms with Gasteiger partial charge in [0.25, 0.3) is 0 Å². The lowest BCUT2D eigenvalue weighted by Gasteiger charge is -2.24. The van der Waals surface area contributed by atoms with Gasteiger partial charge < -0.3 is 14.9 Å². The first-order valence-corrected chi connectivity index (χ1v) is 12.4. The fraction of sp³-hybridized carbons (Fsp3) is 0.250. The Labute approximate surface area is 208 Å². The Kier molecular flexibility index (Phi) is 7.70. The highest BCUT2D eigenvalue weighted by molar-refractivity contribution is 7.22. The molecule has 4 aromatic rings. The van der Waals surface area contributed by atoms with Crippen LogP contribution in [0.25, 0.3) is 20.5 Å². The molecule has 0 unspecified atom stereocenters. The number of rotatable bonds is 10. The van der Waals surface area contributed by atoms with Crippen molar-refractivity contribution in [1.29, 1.82) is 0 Å². The van der Waals surface area contributed by atoms with Crippen LogP contribution in [0.3, 0.4) is 0 Å². The number of nitrogens with zero attached hydrogens (tertiary/aromatic N) is 1. The molecule has 0 atom stereocenters. The summed E-state index contributed by atoms with van der Waals surface area (Å²) < 4.78 is 6.68. The van der Waals surface area contributed by atoms with E-state index in [-0.39, 0.29) is 23.3 Å². The predicted molar refractivity (Wildman–Crippen MR) is 139 cm³/mol. The largest absolute Gasteiger partial charge is 0.508 e. The van der Waals surface area contributed by atoms with Crippen LogP contribution in [-0.4, -0.2) is 46.9 Å². The lowest BCUT2D eigenvalue weighted by atomic mass is 9.97. The molecule has 0 saturated heterocycles. The van der Waals surface area contributed by atoms with Crippen molar-refractivity contribution in [2.45, 2.75) is 26.8 Å². The molecular weight excluding hydrogens is 462 g/mol. The minimum atomic E-state index is -0.112. The standard InChI is InChI=1S/C28H29NO5S/c1-4-34-29(18(2)3)15-16-33-23-12-7-19(8-13-23)27(32)26-24-14-11-22(31)17-25(24)35-28(26)20-5-9-21(30)10-6-20/h5-14,17-18,30-31H,4,15-16H2,1-3H3. The number of carbonyl (C=O) groups excluding carboxylic acids is 1. The number of hydrogen-bond acceptors (Lipinski definition) is 7. The van der Waals surface area contributed by atoms with E-state index in [0.717, 1.165) is 20.5 Å². The molecule has 0 aliphatic heterocycles. The van der Waals surface area contributed by atoms with Crippen molar-refractivity contribution in [2.75, 3.05) is 19.8 Å². The van der Waals surface area contributed by atoms with Gasteiger partial charge >= 0.3 is 0 Å². The van der Waals surface area contributed by atoms with E-state index < -0.39 is 0 Å². The molecule has 0 fully saturated rings. The van der Waals surface area contributed by atoms with Crippen molar-refractivity contribution in [1.82, 2.24) is 5.06 Å². The SMILES string of the molecule is CCON(CCOc1ccc(C(=O)c2c(-c3ccc(O)cc3)sc3cc(O)ccc23)cc1)C(C)C. The molecule has 6 nitrogen and oxygen atoms in total. The van der Waals surface area contributed by atoms with Gasteiger partial charge in [-0.05, 0) is 93.1 Å². The number of benzene rings is 3. The molecule has 0 saturated carbocycles. The molecule has 35 heavy (non-hydrogen) atoms. The maximum absolute atomic E-state index is 13.7. The second kappa shape index (κ2) is 10.9. The molecule has 182 valence electrons. The zero-order chi connectivity index (χ0) is 24.9. The Morgan fingerprint density at radius 2 is 1.66 bits per heavy atom. The summed E-state index contributed by atoms with van der Waals surface area (Å²) in [4.78, 5) is 20.1. The minimum absolute atomic E-state index is 0.112. The van der Waals surface area contributed by atoms with Gasteiger partial charge in [0.05, 0.1) is 13.2 Å². The topological polar surface area (TPSA) is 79.2 Å². The highest BCUT2D eigenvalue weighted by atomic mass is 32.1. The normalized spacial score (nSPS) is 11.5. The van der Waals surface area contributed by atoms with Gasteiger partial charge in [-0.25, -0.2) is 0 Å². The van der Waals surface area contributed by atoms with E-state index in [2.05, 4.69) is 13.8 Å². The van der Waals surface area contributed by atoms with Gasteiger partial charge in [0.2, 0.25) is 0 Å². The molecule has 0 radical (unpaired) electrons. The third-order valence-corrected chi connectivity index (χ3v) is 6.80. The Bertz CT molecular complexity index is 1300. The summed E-state index contributed by atoms with van der Waals surface area (Å²) in [5.74, 6) is 0.880. The lowest BCUT2D eigenvalue weighted by Crippen LogP contribution is -2.34. The quantitative estimate of drug-likeness (QED) is 0.202. The number of phenolic OH excluding ortho intramolecular Hbond substituents is 2. The molecule has 0 spiro atoms. The van der Waals surface area contributed by atoms with E-state index >= 15 is 0 Å². The number of thiophene rings is 1. The summed E-state index contributed by atoms with van der Waals surface area (Å²) in [6.45, 7) is 7.80. The predicted octanol–water partition coefficient (Wildman–Crippen LogP) is 6.25. The maximum atomic E-state index is 13.7. The zero-order valence-corrected chi connectivity index (χ0v) is 20.8. The molecule has 0 aliphatic rings. The fourth-order valence-corrected chi connectivity index (χ4v) is 5.10. The number of carbonyl (C=O) groups is 1. The van der Waals surface area contributed by atoms with Crippen LogP contribution < -0.4 is 4.74 Å². The van der Waals surface area contributed by atoms with Gasteiger partial charge in [0, 0.05) is 32.1 Å². The highest BCUT2D eigenvalue weighted by Gasteiger charge is 2.22. The summed E-state index contributed by atoms with van der Waals surface area (Å²) >= 11 is 1.44. The van der Waals surface area contributed by atoms with Gasteiger partial charge in [-0.3, -0.25) is 9.63 Å². The third kappa shape index (κ3) is 5.65. The van der Waals surface area contributed by atoms with Crippen LogP contribution in [0, 0.1) is 0 Å². The summed E-state index contributed by atoms with van der Waals surface area (Å²) in [7, 11) is 0. The Morgan fingerprint density at radius 1 is 0.971 bits per heavy atom. The summed E-state index contributed by atoms with van der Waals surface area (Å²) in [6.07, 6.45) is 0. The number of aromatic hydroxyl groups is 2. The van der Waals surface area contributed by atoms with E-state index in [9.17, 15) is 15.0 Å². The average molecular weight is 492 g/mol. The van der Waals surface area contributed by atoms with Crippen LogP contribution in [0.4, 0.5) is 0 Å². The Morgan fingerprint density at radius 3 is 2.31 bits per heavy atom. The zero-order valence-electron chi connectivity index (χ0n) is 20.0. The number of phenols is 2. The van der Waals surface area contributed by atoms with Crippen molar-refractivity contribution in [3.63, 3.8) is 0 Å². The van der Waals surface area contributed by atoms with Gasteiger partial charge in [-0.1, -0.05) is 0 Å². The van der Waals surface area contributed by atoms with Crippen LogP contribution in [0.1, 0.15) is 36.7 Å². The second-order valence-corrected chi connectivity index (χ2v) is 9.44. The first-order valence-electron chi connectivity index (χ1n) is 11.6. The molecule has 1 aromatic heterocycles. The van der Waals surface area contributed by atoms with Crippen molar-refractivity contribution in [2.24, 2.45) is 0 Å². The number of ketones is 1. The smallest absolute Gasteiger partial charge is 0.195 e. The van der Waals surface area contributed by atoms with Gasteiger partial charge in [-0.15, -0.1) is 11.3 Å². The summed E-state index contributed by atoms with van der Waals surface area (Å²) in [5.41, 5.74) is 1.95. The number of ether oxygens (including phenoxy) is 1. The third-order valence-electron chi connectivity index (χ3n) is 5.60. The average Bonchev–Trinajstić information content (AvgIpc) is 3.22. The van der Waals surface area contributed by atoms with Gasteiger partial charge in [-0.2, -0.15) is 5.06 Å². The van der Waals surface area contributed by atoms with Crippen LogP contribution in [0.5, 0.6) is 17.2 Å². The van der Waals surface area contributed by atoms with Crippen molar-refractivity contribution >= 4 is 27.2 Å². The Balaban J connectivity index is 1.58. The van der Waals surface area contributed by atoms with Crippen molar-refractivity contribution < 1.29 is 24.6 Å². The number of fused-ring (bicyclic) bond motifs is 1. The van der Waals surface area contributed by atoms with Gasteiger partial charge in [0.15, 0.2) is 5.78 Å². The summed E-state index contributed by atoms with van der Waals surface area (Å²) in [6, 6.07) is 19.2. The van der Waals surface area contributed by atoms with E-state index in [1.54, 1.807) is 66.7 Å². The molecule has 0 amide bonds. The van der Waals surface area contributed by atoms with Gasteiger partial charge in [0.1, 0.15) is 23.9 Å². The molecule has 2 N–H and O–H groups in total. The van der Waals surface area contributed by atoms with Crippen LogP contribution in [0.15, 0.2) is 66.7 Å². The monoisotopic (exact) mass is 491 g/mol. The maximum Gasteiger partial charge on any atom is 0.195 e. The number of hydrogen-bond donors (Lipinski definition) is 2. The Hall–Kier alpha value is -3.39. The molecule has 0 aliphatic carbocycles. The first kappa shape index (κ1) is 24.7. The fourth-order valence-electron chi connectivity index (χ4n) is 3.86. The first-order chi connectivity index (χ1) is 16.9. The lowest BCUT2D eigenvalue weighted by molar-refractivity contribution is -0.178. The van der Waals surface area contributed by atoms with Crippen LogP contribution in [-0.2, 0) is 4.84 Å². The molecule has 0 bridgehead atoms. The van der Waals surface area contributed by atoms with E-state index in [1.807, 2.05) is 12.0 Å². The second-order valence-electron chi connectivity index (χ2n) is 8.39.